The Hall–Kier alpha value is -2.41. The fraction of sp³-hybridized carbons (Fsp3) is 0.481. The topological polar surface area (TPSA) is 9.23 Å². The van der Waals surface area contributed by atoms with Crippen LogP contribution < -0.4 is 4.74 Å². The summed E-state index contributed by atoms with van der Waals surface area (Å²) in [6.45, 7) is 2.33. The standard InChI is InChI=1S/C27H29F3O/c1-2-19-5-12-25-18-24(14-13-23(25)17-19)22-10-6-20(7-11-22)3-4-21-8-15-26(16-9-21)31-27(28,29)30/h6-11,15-16,19,23-25H,2,5,12-14,17-18H2,1H3. The maximum atomic E-state index is 12.2. The van der Waals surface area contributed by atoms with E-state index in [-0.39, 0.29) is 5.75 Å². The molecule has 4 heteroatoms. The number of halogens is 3. The molecule has 2 aliphatic rings. The third-order valence-corrected chi connectivity index (χ3v) is 7.12. The van der Waals surface area contributed by atoms with Crippen molar-refractivity contribution in [3.8, 4) is 17.6 Å². The van der Waals surface area contributed by atoms with Crippen LogP contribution >= 0.6 is 0 Å². The number of fused-ring (bicyclic) bond motifs is 1. The lowest BCUT2D eigenvalue weighted by Crippen LogP contribution is -2.30. The summed E-state index contributed by atoms with van der Waals surface area (Å²) in [5.41, 5.74) is 2.98. The Balaban J connectivity index is 1.35. The van der Waals surface area contributed by atoms with E-state index in [0.29, 0.717) is 11.5 Å². The molecular weight excluding hydrogens is 397 g/mol. The van der Waals surface area contributed by atoms with Gasteiger partial charge in [-0.3, -0.25) is 0 Å². The second kappa shape index (κ2) is 9.39. The predicted molar refractivity (Wildman–Crippen MR) is 117 cm³/mol. The Morgan fingerprint density at radius 3 is 2.00 bits per heavy atom. The van der Waals surface area contributed by atoms with Crippen LogP contribution in [0.3, 0.4) is 0 Å². The van der Waals surface area contributed by atoms with Crippen LogP contribution in [0.15, 0.2) is 48.5 Å². The van der Waals surface area contributed by atoms with Crippen LogP contribution in [0, 0.1) is 29.6 Å². The summed E-state index contributed by atoms with van der Waals surface area (Å²) in [5.74, 6) is 9.31. The summed E-state index contributed by atoms with van der Waals surface area (Å²) in [7, 11) is 0. The zero-order valence-electron chi connectivity index (χ0n) is 17.9. The molecule has 2 aromatic rings. The minimum absolute atomic E-state index is 0.236. The van der Waals surface area contributed by atoms with Crippen molar-refractivity contribution in [3.63, 3.8) is 0 Å². The molecule has 1 nitrogen and oxygen atoms in total. The first-order chi connectivity index (χ1) is 14.9. The first-order valence-corrected chi connectivity index (χ1v) is 11.4. The van der Waals surface area contributed by atoms with Gasteiger partial charge < -0.3 is 4.74 Å². The van der Waals surface area contributed by atoms with Gasteiger partial charge in [0.15, 0.2) is 0 Å². The number of alkyl halides is 3. The van der Waals surface area contributed by atoms with E-state index in [4.69, 9.17) is 0 Å². The van der Waals surface area contributed by atoms with Crippen molar-refractivity contribution in [1.82, 2.24) is 0 Å². The smallest absolute Gasteiger partial charge is 0.406 e. The van der Waals surface area contributed by atoms with E-state index in [1.807, 2.05) is 0 Å². The summed E-state index contributed by atoms with van der Waals surface area (Å²) in [5, 5.41) is 0. The SMILES string of the molecule is CCC1CCC2CC(c3ccc(C#Cc4ccc(OC(F)(F)F)cc4)cc3)CCC2C1. The van der Waals surface area contributed by atoms with Crippen molar-refractivity contribution in [2.45, 2.75) is 64.1 Å². The summed E-state index contributed by atoms with van der Waals surface area (Å²) >= 11 is 0. The minimum Gasteiger partial charge on any atom is -0.406 e. The molecule has 0 saturated heterocycles. The van der Waals surface area contributed by atoms with E-state index in [1.54, 1.807) is 0 Å². The normalized spacial score (nSPS) is 25.8. The predicted octanol–water partition coefficient (Wildman–Crippen LogP) is 7.70. The number of hydrogen-bond acceptors (Lipinski definition) is 1. The van der Waals surface area contributed by atoms with E-state index in [0.717, 1.165) is 23.3 Å². The number of rotatable bonds is 3. The Labute approximate surface area is 183 Å². The lowest BCUT2D eigenvalue weighted by Gasteiger charge is -2.42. The van der Waals surface area contributed by atoms with Gasteiger partial charge in [-0.2, -0.15) is 0 Å². The summed E-state index contributed by atoms with van der Waals surface area (Å²) < 4.78 is 40.6. The third-order valence-electron chi connectivity index (χ3n) is 7.12. The van der Waals surface area contributed by atoms with Crippen LogP contribution in [-0.4, -0.2) is 6.36 Å². The van der Waals surface area contributed by atoms with Gasteiger partial charge in [0.05, 0.1) is 0 Å². The molecule has 2 aromatic carbocycles. The van der Waals surface area contributed by atoms with Gasteiger partial charge in [-0.05, 0) is 97.7 Å². The molecular formula is C27H29F3O. The highest BCUT2D eigenvalue weighted by Crippen LogP contribution is 2.48. The summed E-state index contributed by atoms with van der Waals surface area (Å²) in [6, 6.07) is 14.2. The highest BCUT2D eigenvalue weighted by Gasteiger charge is 2.35. The zero-order chi connectivity index (χ0) is 21.8. The molecule has 4 rings (SSSR count). The molecule has 0 amide bonds. The second-order valence-electron chi connectivity index (χ2n) is 9.06. The molecule has 0 aromatic heterocycles. The highest BCUT2D eigenvalue weighted by molar-refractivity contribution is 5.45. The first-order valence-electron chi connectivity index (χ1n) is 11.4. The number of hydrogen-bond donors (Lipinski definition) is 0. The highest BCUT2D eigenvalue weighted by atomic mass is 19.4. The van der Waals surface area contributed by atoms with E-state index in [9.17, 15) is 13.2 Å². The average Bonchev–Trinajstić information content (AvgIpc) is 2.77. The number of ether oxygens (including phenoxy) is 1. The van der Waals surface area contributed by atoms with Crippen LogP contribution in [0.1, 0.15) is 74.5 Å². The molecule has 2 saturated carbocycles. The van der Waals surface area contributed by atoms with E-state index >= 15 is 0 Å². The molecule has 4 atom stereocenters. The number of benzene rings is 2. The maximum absolute atomic E-state index is 12.2. The Morgan fingerprint density at radius 1 is 0.806 bits per heavy atom. The Bertz CT molecular complexity index is 918. The fourth-order valence-corrected chi connectivity index (χ4v) is 5.38. The van der Waals surface area contributed by atoms with Crippen LogP contribution in [0.4, 0.5) is 13.2 Å². The lowest BCUT2D eigenvalue weighted by atomic mass is 9.63. The summed E-state index contributed by atoms with van der Waals surface area (Å²) in [4.78, 5) is 0. The molecule has 0 radical (unpaired) electrons. The van der Waals surface area contributed by atoms with E-state index in [1.165, 1.54) is 74.8 Å². The molecule has 0 aliphatic heterocycles. The molecule has 4 unspecified atom stereocenters. The Kier molecular flexibility index (Phi) is 6.60. The van der Waals surface area contributed by atoms with Crippen LogP contribution in [0.5, 0.6) is 5.75 Å². The van der Waals surface area contributed by atoms with Gasteiger partial charge >= 0.3 is 6.36 Å². The van der Waals surface area contributed by atoms with Gasteiger partial charge in [-0.15, -0.1) is 13.2 Å². The van der Waals surface area contributed by atoms with Crippen molar-refractivity contribution in [2.75, 3.05) is 0 Å². The maximum Gasteiger partial charge on any atom is 0.573 e. The van der Waals surface area contributed by atoms with Gasteiger partial charge in [-0.25, -0.2) is 0 Å². The molecule has 0 N–H and O–H groups in total. The molecule has 0 heterocycles. The molecule has 164 valence electrons. The van der Waals surface area contributed by atoms with Crippen molar-refractivity contribution in [1.29, 1.82) is 0 Å². The molecule has 0 spiro atoms. The van der Waals surface area contributed by atoms with Gasteiger partial charge in [-0.1, -0.05) is 43.7 Å². The molecule has 0 bridgehead atoms. The monoisotopic (exact) mass is 426 g/mol. The van der Waals surface area contributed by atoms with Crippen LogP contribution in [0.25, 0.3) is 0 Å². The third kappa shape index (κ3) is 5.85. The van der Waals surface area contributed by atoms with Crippen molar-refractivity contribution >= 4 is 0 Å². The van der Waals surface area contributed by atoms with Gasteiger partial charge in [0, 0.05) is 11.1 Å². The van der Waals surface area contributed by atoms with Crippen molar-refractivity contribution in [2.24, 2.45) is 17.8 Å². The fourth-order valence-electron chi connectivity index (χ4n) is 5.38. The summed E-state index contributed by atoms with van der Waals surface area (Å²) in [6.07, 6.45) is 4.86. The van der Waals surface area contributed by atoms with Crippen LogP contribution in [0.2, 0.25) is 0 Å². The average molecular weight is 427 g/mol. The first kappa shape index (κ1) is 21.8. The largest absolute Gasteiger partial charge is 0.573 e. The van der Waals surface area contributed by atoms with E-state index < -0.39 is 6.36 Å². The molecule has 31 heavy (non-hydrogen) atoms. The quantitative estimate of drug-likeness (QED) is 0.457. The van der Waals surface area contributed by atoms with Crippen molar-refractivity contribution in [3.05, 3.63) is 65.2 Å². The minimum atomic E-state index is -4.68. The van der Waals surface area contributed by atoms with Crippen LogP contribution in [-0.2, 0) is 0 Å². The zero-order valence-corrected chi connectivity index (χ0v) is 17.9. The van der Waals surface area contributed by atoms with E-state index in [2.05, 4.69) is 47.8 Å². The molecule has 2 aliphatic carbocycles. The van der Waals surface area contributed by atoms with Gasteiger partial charge in [0.1, 0.15) is 5.75 Å². The molecule has 2 fully saturated rings. The second-order valence-corrected chi connectivity index (χ2v) is 9.06. The Morgan fingerprint density at radius 2 is 1.39 bits per heavy atom. The van der Waals surface area contributed by atoms with Crippen molar-refractivity contribution < 1.29 is 17.9 Å². The lowest BCUT2D eigenvalue weighted by molar-refractivity contribution is -0.274. The van der Waals surface area contributed by atoms with Gasteiger partial charge in [0.25, 0.3) is 0 Å². The van der Waals surface area contributed by atoms with Gasteiger partial charge in [0.2, 0.25) is 0 Å².